The van der Waals surface area contributed by atoms with Crippen LogP contribution in [0.2, 0.25) is 0 Å². The minimum absolute atomic E-state index is 0.0260. The Morgan fingerprint density at radius 2 is 1.48 bits per heavy atom. The zero-order valence-corrected chi connectivity index (χ0v) is 26.0. The van der Waals surface area contributed by atoms with Gasteiger partial charge in [0.1, 0.15) is 11.4 Å². The molecule has 0 spiro atoms. The Kier molecular flexibility index (Phi) is 9.36. The number of benzene rings is 3. The normalized spacial score (nSPS) is 15.0. The van der Waals surface area contributed by atoms with Crippen molar-refractivity contribution < 1.29 is 28.6 Å². The standard InChI is InChI=1S/C32H35N2O6PS/c1-6-39-29(36)32(23-17-19-24(38-5)20-18-23,27-21-22-34(28(27)35)30(37)40-31(2,3)4)33-41(42,25-13-9-7-10-14-25)26-15-11-8-12-16-26/h7-21H,6,22H2,1-5H3,(H,33,42). The van der Waals surface area contributed by atoms with Crippen LogP contribution in [0.25, 0.3) is 0 Å². The van der Waals surface area contributed by atoms with Crippen molar-refractivity contribution in [3.8, 4) is 5.75 Å². The molecular weight excluding hydrogens is 571 g/mol. The van der Waals surface area contributed by atoms with Crippen molar-refractivity contribution >= 4 is 46.6 Å². The highest BCUT2D eigenvalue weighted by Gasteiger charge is 2.54. The molecule has 1 N–H and O–H groups in total. The first-order valence-electron chi connectivity index (χ1n) is 13.5. The van der Waals surface area contributed by atoms with Crippen molar-refractivity contribution in [2.24, 2.45) is 0 Å². The second-order valence-corrected chi connectivity index (χ2v) is 14.7. The molecule has 2 amide bonds. The van der Waals surface area contributed by atoms with Crippen LogP contribution in [0.1, 0.15) is 33.3 Å². The van der Waals surface area contributed by atoms with Gasteiger partial charge < -0.3 is 14.2 Å². The number of hydrogen-bond acceptors (Lipinski definition) is 7. The van der Waals surface area contributed by atoms with Crippen LogP contribution in [0.5, 0.6) is 5.75 Å². The van der Waals surface area contributed by atoms with E-state index in [2.05, 4.69) is 5.09 Å². The fourth-order valence-electron chi connectivity index (χ4n) is 4.71. The lowest BCUT2D eigenvalue weighted by Crippen LogP contribution is -2.55. The van der Waals surface area contributed by atoms with Gasteiger partial charge in [-0.1, -0.05) is 90.7 Å². The van der Waals surface area contributed by atoms with Gasteiger partial charge in [0.05, 0.1) is 32.0 Å². The van der Waals surface area contributed by atoms with Gasteiger partial charge in [0, 0.05) is 10.6 Å². The number of amides is 2. The highest BCUT2D eigenvalue weighted by Crippen LogP contribution is 2.48. The largest absolute Gasteiger partial charge is 0.497 e. The summed E-state index contributed by atoms with van der Waals surface area (Å²) >= 11 is 6.49. The third-order valence-corrected chi connectivity index (χ3v) is 10.9. The van der Waals surface area contributed by atoms with Gasteiger partial charge in [0.2, 0.25) is 0 Å². The Hall–Kier alpha value is -3.78. The lowest BCUT2D eigenvalue weighted by Gasteiger charge is -2.39. The molecule has 1 atom stereocenters. The Morgan fingerprint density at radius 3 is 1.95 bits per heavy atom. The fourth-order valence-corrected chi connectivity index (χ4v) is 8.41. The van der Waals surface area contributed by atoms with E-state index in [-0.39, 0.29) is 18.7 Å². The van der Waals surface area contributed by atoms with Gasteiger partial charge in [0.15, 0.2) is 5.54 Å². The van der Waals surface area contributed by atoms with Crippen LogP contribution in [0, 0.1) is 0 Å². The summed E-state index contributed by atoms with van der Waals surface area (Å²) in [6, 6.07) is 25.7. The van der Waals surface area contributed by atoms with Gasteiger partial charge in [-0.15, -0.1) is 0 Å². The van der Waals surface area contributed by atoms with E-state index in [9.17, 15) is 14.4 Å². The summed E-state index contributed by atoms with van der Waals surface area (Å²) in [5, 5.41) is 5.10. The van der Waals surface area contributed by atoms with Gasteiger partial charge >= 0.3 is 12.1 Å². The number of carbonyl (C=O) groups excluding carboxylic acids is 3. The molecule has 1 aliphatic rings. The predicted octanol–water partition coefficient (Wildman–Crippen LogP) is 4.79. The van der Waals surface area contributed by atoms with Gasteiger partial charge in [-0.25, -0.2) is 14.5 Å². The molecule has 10 heteroatoms. The smallest absolute Gasteiger partial charge is 0.417 e. The molecule has 0 bridgehead atoms. The summed E-state index contributed by atoms with van der Waals surface area (Å²) in [6.07, 6.45) is -2.28. The molecule has 0 aliphatic carbocycles. The van der Waals surface area contributed by atoms with Crippen LogP contribution in [-0.4, -0.2) is 48.7 Å². The minimum atomic E-state index is -3.04. The molecule has 42 heavy (non-hydrogen) atoms. The van der Waals surface area contributed by atoms with Gasteiger partial charge in [0.25, 0.3) is 5.91 Å². The molecule has 4 rings (SSSR count). The maximum atomic E-state index is 14.3. The number of hydrogen-bond donors (Lipinski definition) is 1. The Labute approximate surface area is 251 Å². The summed E-state index contributed by atoms with van der Waals surface area (Å²) < 4.78 is 16.6. The van der Waals surface area contributed by atoms with Gasteiger partial charge in [-0.05, 0) is 45.4 Å². The van der Waals surface area contributed by atoms with E-state index in [1.807, 2.05) is 60.7 Å². The number of ether oxygens (including phenoxy) is 3. The first-order valence-corrected chi connectivity index (χ1v) is 16.3. The number of nitrogens with zero attached hydrogens (tertiary/aromatic N) is 1. The Bertz CT molecular complexity index is 1480. The van der Waals surface area contributed by atoms with E-state index < -0.39 is 35.3 Å². The Morgan fingerprint density at radius 1 is 0.929 bits per heavy atom. The molecule has 1 unspecified atom stereocenters. The molecule has 0 aromatic heterocycles. The molecule has 0 saturated carbocycles. The number of imide groups is 1. The van der Waals surface area contributed by atoms with Crippen LogP contribution in [0.15, 0.2) is 96.6 Å². The second-order valence-electron chi connectivity index (χ2n) is 10.6. The van der Waals surface area contributed by atoms with Crippen molar-refractivity contribution in [3.05, 3.63) is 102 Å². The highest BCUT2D eigenvalue weighted by molar-refractivity contribution is 8.21. The fraction of sp³-hybridized carbons (Fsp3) is 0.281. The van der Waals surface area contributed by atoms with Crippen molar-refractivity contribution in [2.75, 3.05) is 20.3 Å². The molecule has 8 nitrogen and oxygen atoms in total. The molecular formula is C32H35N2O6PS. The van der Waals surface area contributed by atoms with Crippen LogP contribution in [0.3, 0.4) is 0 Å². The van der Waals surface area contributed by atoms with E-state index >= 15 is 0 Å². The van der Waals surface area contributed by atoms with Crippen LogP contribution < -0.4 is 20.4 Å². The van der Waals surface area contributed by atoms with Crippen molar-refractivity contribution in [1.29, 1.82) is 0 Å². The molecule has 1 heterocycles. The van der Waals surface area contributed by atoms with Crippen LogP contribution >= 0.6 is 6.19 Å². The van der Waals surface area contributed by atoms with Gasteiger partial charge in [-0.3, -0.25) is 9.88 Å². The first kappa shape index (κ1) is 31.2. The summed E-state index contributed by atoms with van der Waals surface area (Å²) in [4.78, 5) is 42.5. The van der Waals surface area contributed by atoms with E-state index in [1.54, 1.807) is 58.0 Å². The monoisotopic (exact) mass is 606 g/mol. The summed E-state index contributed by atoms with van der Waals surface area (Å²) in [5.41, 5.74) is -2.27. The molecule has 3 aromatic carbocycles. The predicted molar refractivity (Wildman–Crippen MR) is 167 cm³/mol. The zero-order valence-electron chi connectivity index (χ0n) is 24.3. The van der Waals surface area contributed by atoms with Crippen molar-refractivity contribution in [1.82, 2.24) is 9.99 Å². The second kappa shape index (κ2) is 12.6. The summed E-state index contributed by atoms with van der Waals surface area (Å²) in [6.45, 7) is 6.82. The average Bonchev–Trinajstić information content (AvgIpc) is 3.37. The highest BCUT2D eigenvalue weighted by atomic mass is 32.4. The van der Waals surface area contributed by atoms with Gasteiger partial charge in [-0.2, -0.15) is 0 Å². The molecule has 0 radical (unpaired) electrons. The van der Waals surface area contributed by atoms with Crippen LogP contribution in [0.4, 0.5) is 4.79 Å². The summed E-state index contributed by atoms with van der Waals surface area (Å²) in [7, 11) is 1.54. The molecule has 0 fully saturated rings. The third kappa shape index (κ3) is 6.19. The number of methoxy groups -OCH3 is 1. The summed E-state index contributed by atoms with van der Waals surface area (Å²) in [5.74, 6) is -0.839. The third-order valence-electron chi connectivity index (χ3n) is 6.64. The number of carbonyl (C=O) groups is 3. The Balaban J connectivity index is 1.98. The number of esters is 1. The number of rotatable bonds is 9. The number of nitrogens with one attached hydrogen (secondary N) is 1. The average molecular weight is 607 g/mol. The first-order chi connectivity index (χ1) is 20.0. The molecule has 3 aromatic rings. The van der Waals surface area contributed by atoms with E-state index in [1.165, 1.54) is 7.11 Å². The van der Waals surface area contributed by atoms with Crippen LogP contribution in [-0.2, 0) is 36.4 Å². The quantitative estimate of drug-likeness (QED) is 0.275. The maximum Gasteiger partial charge on any atom is 0.417 e. The van der Waals surface area contributed by atoms with E-state index in [0.29, 0.717) is 11.3 Å². The molecule has 220 valence electrons. The topological polar surface area (TPSA) is 94.2 Å². The van der Waals surface area contributed by atoms with Crippen molar-refractivity contribution in [2.45, 2.75) is 38.8 Å². The van der Waals surface area contributed by atoms with Crippen molar-refractivity contribution in [3.63, 3.8) is 0 Å². The molecule has 1 aliphatic heterocycles. The SMILES string of the molecule is CCOC(=O)C(NP(=S)(c1ccccc1)c1ccccc1)(C1=CCN(C(=O)OC(C)(C)C)C1=O)c1ccc(OC)cc1. The van der Waals surface area contributed by atoms with E-state index in [0.717, 1.165) is 15.5 Å². The maximum absolute atomic E-state index is 14.3. The lowest BCUT2D eigenvalue weighted by atomic mass is 9.83. The molecule has 0 saturated heterocycles. The minimum Gasteiger partial charge on any atom is -0.497 e. The van der Waals surface area contributed by atoms with E-state index in [4.69, 9.17) is 26.0 Å². The lowest BCUT2D eigenvalue weighted by molar-refractivity contribution is -0.150. The zero-order chi connectivity index (χ0) is 30.5.